The number of amides is 1. The van der Waals surface area contributed by atoms with E-state index in [0.29, 0.717) is 12.0 Å². The Labute approximate surface area is 131 Å². The molecule has 2 aliphatic rings. The normalized spacial score (nSPS) is 26.5. The molecule has 0 bridgehead atoms. The number of halogens is 1. The molecule has 2 fully saturated rings. The Morgan fingerprint density at radius 1 is 1.41 bits per heavy atom. The zero-order chi connectivity index (χ0) is 15.6. The maximum Gasteiger partial charge on any atom is 0.234 e. The Bertz CT molecular complexity index is 525. The summed E-state index contributed by atoms with van der Waals surface area (Å²) in [7, 11) is 0. The summed E-state index contributed by atoms with van der Waals surface area (Å²) in [5, 5.41) is 6.43. The lowest BCUT2D eigenvalue weighted by Crippen LogP contribution is -2.38. The Hall–Kier alpha value is -1.46. The molecule has 0 radical (unpaired) electrons. The number of likely N-dealkylation sites (tertiary alicyclic amines) is 1. The van der Waals surface area contributed by atoms with Crippen LogP contribution in [-0.2, 0) is 4.79 Å². The summed E-state index contributed by atoms with van der Waals surface area (Å²) in [6.07, 6.45) is 2.40. The number of rotatable bonds is 4. The van der Waals surface area contributed by atoms with E-state index in [1.165, 1.54) is 25.0 Å². The minimum atomic E-state index is -0.255. The van der Waals surface area contributed by atoms with Crippen LogP contribution < -0.4 is 10.6 Å². The first kappa shape index (κ1) is 15.4. The van der Waals surface area contributed by atoms with Gasteiger partial charge in [0, 0.05) is 13.1 Å². The standard InChI is InChI=1S/C17H24FN3O/c1-13(14-2-4-15(18)5-3-14)20-16(22)10-21-9-7-17(12-21)6-8-19-11-17/h2-5,13,19H,6-12H2,1H3,(H,20,22). The van der Waals surface area contributed by atoms with E-state index in [9.17, 15) is 9.18 Å². The number of carbonyl (C=O) groups excluding carboxylic acids is 1. The Balaban J connectivity index is 1.49. The third kappa shape index (κ3) is 3.47. The van der Waals surface area contributed by atoms with Crippen LogP contribution in [0.3, 0.4) is 0 Å². The van der Waals surface area contributed by atoms with Gasteiger partial charge in [-0.05, 0) is 56.0 Å². The van der Waals surface area contributed by atoms with Gasteiger partial charge in [0.25, 0.3) is 0 Å². The average molecular weight is 305 g/mol. The monoisotopic (exact) mass is 305 g/mol. The summed E-state index contributed by atoms with van der Waals surface area (Å²) in [5.41, 5.74) is 1.32. The quantitative estimate of drug-likeness (QED) is 0.890. The molecule has 2 N–H and O–H groups in total. The van der Waals surface area contributed by atoms with E-state index in [4.69, 9.17) is 0 Å². The molecule has 3 rings (SSSR count). The number of hydrogen-bond acceptors (Lipinski definition) is 3. The van der Waals surface area contributed by atoms with E-state index < -0.39 is 0 Å². The molecular formula is C17H24FN3O. The first-order valence-electron chi connectivity index (χ1n) is 8.04. The van der Waals surface area contributed by atoms with Crippen molar-refractivity contribution in [3.05, 3.63) is 35.6 Å². The number of hydrogen-bond donors (Lipinski definition) is 2. The SMILES string of the molecule is CC(NC(=O)CN1CCC2(CCNC2)C1)c1ccc(F)cc1. The van der Waals surface area contributed by atoms with E-state index in [0.717, 1.165) is 31.7 Å². The maximum atomic E-state index is 12.9. The molecule has 22 heavy (non-hydrogen) atoms. The van der Waals surface area contributed by atoms with Crippen LogP contribution in [0.15, 0.2) is 24.3 Å². The molecule has 2 heterocycles. The average Bonchev–Trinajstić information content (AvgIpc) is 3.10. The van der Waals surface area contributed by atoms with Crippen LogP contribution in [-0.4, -0.2) is 43.5 Å². The molecule has 0 saturated carbocycles. The van der Waals surface area contributed by atoms with Gasteiger partial charge in [0.2, 0.25) is 5.91 Å². The molecular weight excluding hydrogens is 281 g/mol. The van der Waals surface area contributed by atoms with Crippen molar-refractivity contribution in [2.75, 3.05) is 32.7 Å². The van der Waals surface area contributed by atoms with Crippen molar-refractivity contribution in [3.63, 3.8) is 0 Å². The lowest BCUT2D eigenvalue weighted by molar-refractivity contribution is -0.122. The van der Waals surface area contributed by atoms with Gasteiger partial charge in [-0.2, -0.15) is 0 Å². The van der Waals surface area contributed by atoms with Gasteiger partial charge < -0.3 is 10.6 Å². The molecule has 1 aromatic rings. The Morgan fingerprint density at radius 2 is 2.18 bits per heavy atom. The summed E-state index contributed by atoms with van der Waals surface area (Å²) < 4.78 is 12.9. The van der Waals surface area contributed by atoms with Crippen molar-refractivity contribution < 1.29 is 9.18 Å². The molecule has 120 valence electrons. The van der Waals surface area contributed by atoms with Gasteiger partial charge in [-0.3, -0.25) is 9.69 Å². The maximum absolute atomic E-state index is 12.9. The lowest BCUT2D eigenvalue weighted by Gasteiger charge is -2.23. The molecule has 4 nitrogen and oxygen atoms in total. The van der Waals surface area contributed by atoms with Gasteiger partial charge in [-0.15, -0.1) is 0 Å². The highest BCUT2D eigenvalue weighted by Gasteiger charge is 2.40. The second-order valence-corrected chi connectivity index (χ2v) is 6.73. The summed E-state index contributed by atoms with van der Waals surface area (Å²) in [6, 6.07) is 6.19. The van der Waals surface area contributed by atoms with Gasteiger partial charge in [-0.25, -0.2) is 4.39 Å². The van der Waals surface area contributed by atoms with E-state index in [1.807, 2.05) is 6.92 Å². The van der Waals surface area contributed by atoms with Crippen LogP contribution in [0.1, 0.15) is 31.4 Å². The van der Waals surface area contributed by atoms with Crippen LogP contribution in [0.5, 0.6) is 0 Å². The van der Waals surface area contributed by atoms with E-state index in [-0.39, 0.29) is 17.8 Å². The number of benzene rings is 1. The molecule has 2 saturated heterocycles. The first-order chi connectivity index (χ1) is 10.6. The summed E-state index contributed by atoms with van der Waals surface area (Å²) >= 11 is 0. The highest BCUT2D eigenvalue weighted by atomic mass is 19.1. The van der Waals surface area contributed by atoms with Gasteiger partial charge in [0.15, 0.2) is 0 Å². The van der Waals surface area contributed by atoms with Crippen LogP contribution >= 0.6 is 0 Å². The highest BCUT2D eigenvalue weighted by Crippen LogP contribution is 2.35. The topological polar surface area (TPSA) is 44.4 Å². The third-order valence-corrected chi connectivity index (χ3v) is 4.96. The predicted octanol–water partition coefficient (Wildman–Crippen LogP) is 1.69. The van der Waals surface area contributed by atoms with Crippen molar-refractivity contribution >= 4 is 5.91 Å². The zero-order valence-corrected chi connectivity index (χ0v) is 13.1. The fourth-order valence-electron chi connectivity index (χ4n) is 3.63. The van der Waals surface area contributed by atoms with Crippen molar-refractivity contribution in [1.82, 2.24) is 15.5 Å². The number of carbonyl (C=O) groups is 1. The van der Waals surface area contributed by atoms with E-state index in [1.54, 1.807) is 12.1 Å². The van der Waals surface area contributed by atoms with Gasteiger partial charge in [-0.1, -0.05) is 12.1 Å². The molecule has 5 heteroatoms. The second-order valence-electron chi connectivity index (χ2n) is 6.73. The number of nitrogens with zero attached hydrogens (tertiary/aromatic N) is 1. The summed E-state index contributed by atoms with van der Waals surface area (Å²) in [5.74, 6) is -0.213. The molecule has 1 spiro atoms. The molecule has 0 aliphatic carbocycles. The number of nitrogens with one attached hydrogen (secondary N) is 2. The molecule has 0 aromatic heterocycles. The first-order valence-corrected chi connectivity index (χ1v) is 8.04. The summed E-state index contributed by atoms with van der Waals surface area (Å²) in [4.78, 5) is 14.5. The highest BCUT2D eigenvalue weighted by molar-refractivity contribution is 5.78. The second kappa shape index (κ2) is 6.34. The predicted molar refractivity (Wildman–Crippen MR) is 83.9 cm³/mol. The zero-order valence-electron chi connectivity index (χ0n) is 13.1. The smallest absolute Gasteiger partial charge is 0.234 e. The van der Waals surface area contributed by atoms with Crippen molar-refractivity contribution in [3.8, 4) is 0 Å². The molecule has 1 aromatic carbocycles. The van der Waals surface area contributed by atoms with E-state index >= 15 is 0 Å². The molecule has 2 aliphatic heterocycles. The van der Waals surface area contributed by atoms with Gasteiger partial charge in [0.1, 0.15) is 5.82 Å². The molecule has 1 amide bonds. The van der Waals surface area contributed by atoms with E-state index in [2.05, 4.69) is 15.5 Å². The van der Waals surface area contributed by atoms with Crippen molar-refractivity contribution in [1.29, 1.82) is 0 Å². The minimum Gasteiger partial charge on any atom is -0.348 e. The molecule has 2 atom stereocenters. The van der Waals surface area contributed by atoms with Crippen LogP contribution in [0.2, 0.25) is 0 Å². The molecule has 2 unspecified atom stereocenters. The Morgan fingerprint density at radius 3 is 2.86 bits per heavy atom. The Kier molecular flexibility index (Phi) is 4.45. The van der Waals surface area contributed by atoms with Gasteiger partial charge in [0.05, 0.1) is 12.6 Å². The fourth-order valence-corrected chi connectivity index (χ4v) is 3.63. The van der Waals surface area contributed by atoms with Crippen molar-refractivity contribution in [2.45, 2.75) is 25.8 Å². The minimum absolute atomic E-state index is 0.0415. The summed E-state index contributed by atoms with van der Waals surface area (Å²) in [6.45, 7) is 6.57. The largest absolute Gasteiger partial charge is 0.348 e. The fraction of sp³-hybridized carbons (Fsp3) is 0.588. The van der Waals surface area contributed by atoms with Crippen molar-refractivity contribution in [2.24, 2.45) is 5.41 Å². The van der Waals surface area contributed by atoms with Gasteiger partial charge >= 0.3 is 0 Å². The third-order valence-electron chi connectivity index (χ3n) is 4.96. The van der Waals surface area contributed by atoms with Crippen LogP contribution in [0.4, 0.5) is 4.39 Å². The van der Waals surface area contributed by atoms with Crippen LogP contribution in [0.25, 0.3) is 0 Å². The van der Waals surface area contributed by atoms with Crippen LogP contribution in [0, 0.1) is 11.2 Å². The lowest BCUT2D eigenvalue weighted by atomic mass is 9.87.